The van der Waals surface area contributed by atoms with Crippen molar-refractivity contribution in [3.63, 3.8) is 0 Å². The van der Waals surface area contributed by atoms with Gasteiger partial charge >= 0.3 is 6.18 Å². The summed E-state index contributed by atoms with van der Waals surface area (Å²) in [7, 11) is 1.96. The van der Waals surface area contributed by atoms with Gasteiger partial charge in [0.25, 0.3) is 5.91 Å². The van der Waals surface area contributed by atoms with Gasteiger partial charge in [0, 0.05) is 126 Å². The third-order valence-electron chi connectivity index (χ3n) is 16.5. The molecule has 0 unspecified atom stereocenters. The molecule has 0 bridgehead atoms. The number of aliphatic hydroxyl groups is 1. The van der Waals surface area contributed by atoms with E-state index in [1.165, 1.54) is 23.2 Å². The van der Waals surface area contributed by atoms with Crippen molar-refractivity contribution in [3.8, 4) is 21.6 Å². The van der Waals surface area contributed by atoms with Crippen LogP contribution in [0.2, 0.25) is 0 Å². The number of carbonyl (C=O) groups excluding carboxylic acids is 6. The molecule has 2 aromatic carbocycles. The van der Waals surface area contributed by atoms with Gasteiger partial charge in [-0.25, -0.2) is 14.4 Å². The minimum Gasteiger partial charge on any atom is -0.391 e. The lowest BCUT2D eigenvalue weighted by atomic mass is 9.85. The Kier molecular flexibility index (Phi) is 21.3. The van der Waals surface area contributed by atoms with Crippen LogP contribution in [0.5, 0.6) is 0 Å². The van der Waals surface area contributed by atoms with Crippen molar-refractivity contribution in [2.45, 2.75) is 136 Å². The molecule has 3 aliphatic rings. The summed E-state index contributed by atoms with van der Waals surface area (Å²) in [5.41, 5.74) is 1.42. The Bertz CT molecular complexity index is 3320. The lowest BCUT2D eigenvalue weighted by Crippen LogP contribution is -2.57. The molecular formula is C62H78F4N12O8S. The average molecular weight is 1230 g/mol. The second kappa shape index (κ2) is 28.4. The summed E-state index contributed by atoms with van der Waals surface area (Å²) in [5, 5.41) is 21.9. The van der Waals surface area contributed by atoms with Gasteiger partial charge < -0.3 is 51.0 Å². The van der Waals surface area contributed by atoms with Crippen LogP contribution >= 0.6 is 11.3 Å². The van der Waals surface area contributed by atoms with Crippen LogP contribution < -0.4 is 36.6 Å². The molecule has 0 radical (unpaired) electrons. The number of alkyl halides is 3. The number of nitrogens with one attached hydrogen (secondary N) is 5. The first-order valence-electron chi connectivity index (χ1n) is 29.5. The summed E-state index contributed by atoms with van der Waals surface area (Å²) in [5.74, 6) is -2.78. The summed E-state index contributed by atoms with van der Waals surface area (Å²) in [6.45, 7) is 14.5. The normalized spacial score (nSPS) is 18.8. The van der Waals surface area contributed by atoms with Crippen molar-refractivity contribution in [3.05, 3.63) is 111 Å². The zero-order valence-corrected chi connectivity index (χ0v) is 51.0. The van der Waals surface area contributed by atoms with Gasteiger partial charge in [0.1, 0.15) is 23.7 Å². The first-order chi connectivity index (χ1) is 41.2. The van der Waals surface area contributed by atoms with Crippen molar-refractivity contribution in [2.24, 2.45) is 5.41 Å². The maximum absolute atomic E-state index is 16.2. The fourth-order valence-electron chi connectivity index (χ4n) is 11.2. The number of carbonyl (C=O) groups is 6. The number of rotatable bonds is 21. The maximum Gasteiger partial charge on any atom is 0.417 e. The predicted molar refractivity (Wildman–Crippen MR) is 324 cm³/mol. The zero-order chi connectivity index (χ0) is 62.9. The van der Waals surface area contributed by atoms with Gasteiger partial charge in [0.05, 0.1) is 44.7 Å². The van der Waals surface area contributed by atoms with Gasteiger partial charge in [0.2, 0.25) is 35.1 Å². The van der Waals surface area contributed by atoms with E-state index < -0.39 is 64.1 Å². The Hall–Kier alpha value is -7.77. The summed E-state index contributed by atoms with van der Waals surface area (Å²) in [4.78, 5) is 113. The molecule has 3 fully saturated rings. The zero-order valence-electron chi connectivity index (χ0n) is 50.2. The third-order valence-corrected chi connectivity index (χ3v) is 17.4. The number of hydrogen-bond acceptors (Lipinski definition) is 14. The van der Waals surface area contributed by atoms with Crippen molar-refractivity contribution in [1.29, 1.82) is 0 Å². The molecule has 5 aromatic rings. The lowest BCUT2D eigenvalue weighted by Gasteiger charge is -2.44. The van der Waals surface area contributed by atoms with Crippen LogP contribution in [0, 0.1) is 18.2 Å². The summed E-state index contributed by atoms with van der Waals surface area (Å²) in [6, 6.07) is 12.3. The molecular weight excluding hydrogens is 1150 g/mol. The van der Waals surface area contributed by atoms with E-state index >= 15 is 4.39 Å². The number of unbranched alkanes of at least 4 members (excludes halogenated alkanes) is 3. The molecule has 5 atom stereocenters. The number of aliphatic hydroxyl groups excluding tert-OH is 1. The van der Waals surface area contributed by atoms with Crippen molar-refractivity contribution in [1.82, 2.24) is 45.6 Å². The van der Waals surface area contributed by atoms with Crippen LogP contribution in [-0.4, -0.2) is 160 Å². The number of aromatic amines is 1. The smallest absolute Gasteiger partial charge is 0.391 e. The first kappa shape index (κ1) is 65.2. The second-order valence-corrected chi connectivity index (χ2v) is 24.8. The summed E-state index contributed by atoms with van der Waals surface area (Å²) in [6.07, 6.45) is -0.811. The van der Waals surface area contributed by atoms with Crippen LogP contribution in [0.25, 0.3) is 21.6 Å². The van der Waals surface area contributed by atoms with Gasteiger partial charge in [-0.3, -0.25) is 38.5 Å². The number of aryl methyl sites for hydroxylation is 1. The largest absolute Gasteiger partial charge is 0.417 e. The average Bonchev–Trinajstić information content (AvgIpc) is 1.98. The van der Waals surface area contributed by atoms with Crippen LogP contribution in [0.4, 0.5) is 34.8 Å². The number of piperazine rings is 2. The standard InChI is InChI=1S/C62H78F4N12O8S/c1-37-33-77(34-38(2)74(37)7)49-29-47(63)44(27-48(49)72-58(84)45-32-69-54(82)28-46(45)62(64,65)66)42-17-18-51(68-31-42)75-22-24-76(25-23-75)55(83)20-19-52(80)67-21-11-9-8-10-12-53(81)73-57(61(4,5)6)60(86)78-35-43(79)26-50(78)59(85)70-30-40-13-15-41(16-14-40)56-39(3)71-36-87-56/h13-18,27-29,31-32,36-38,43,50,57,79H,8-12,19-26,30,33-35H2,1-7H3,(H,67,80)(H,69,82)(H,70,85)(H,72,84)(H,73,81)/t37-,38+,43-,50+,57-/m1/s1. The molecule has 25 heteroatoms. The number of halogens is 4. The number of pyridine rings is 2. The molecule has 6 amide bonds. The van der Waals surface area contributed by atoms with E-state index in [-0.39, 0.29) is 91.4 Å². The molecule has 0 aliphatic carbocycles. The number of likely N-dealkylation sites (N-methyl/N-ethyl adjacent to an activating group) is 1. The van der Waals surface area contributed by atoms with E-state index in [0.717, 1.165) is 28.1 Å². The Morgan fingerprint density at radius 2 is 1.51 bits per heavy atom. The number of thiazole rings is 1. The van der Waals surface area contributed by atoms with Gasteiger partial charge in [-0.15, -0.1) is 11.3 Å². The predicted octanol–water partition coefficient (Wildman–Crippen LogP) is 7.11. The molecule has 87 heavy (non-hydrogen) atoms. The highest BCUT2D eigenvalue weighted by molar-refractivity contribution is 7.13. The van der Waals surface area contributed by atoms with E-state index in [2.05, 4.69) is 41.1 Å². The first-order valence-corrected chi connectivity index (χ1v) is 30.4. The SMILES string of the molecule is Cc1ncsc1-c1ccc(CNC(=O)[C@@H]2C[C@@H](O)CN2C(=O)[C@@H](NC(=O)CCCCCCNC(=O)CCC(=O)N2CCN(c3ccc(-c4cc(NC(=O)c5c[nH]c(=O)cc5C(F)(F)F)c(N5C[C@@H](C)N(C)[C@@H](C)C5)cc4F)cn3)CC2)C(C)(C)C)cc1. The molecule has 0 saturated carbocycles. The highest BCUT2D eigenvalue weighted by atomic mass is 32.1. The monoisotopic (exact) mass is 1230 g/mol. The number of H-pyrrole nitrogens is 1. The van der Waals surface area contributed by atoms with E-state index in [1.807, 2.05) is 82.7 Å². The number of amides is 6. The molecule has 8 rings (SSSR count). The Balaban J connectivity index is 0.743. The number of hydrogen-bond donors (Lipinski definition) is 6. The molecule has 6 heterocycles. The van der Waals surface area contributed by atoms with Crippen molar-refractivity contribution >= 4 is 64.0 Å². The van der Waals surface area contributed by atoms with Crippen LogP contribution in [0.3, 0.4) is 0 Å². The molecule has 20 nitrogen and oxygen atoms in total. The molecule has 6 N–H and O–H groups in total. The molecule has 3 aliphatic heterocycles. The Labute approximate surface area is 507 Å². The number of nitrogens with zero attached hydrogens (tertiary/aromatic N) is 7. The molecule has 0 spiro atoms. The molecule has 3 aromatic heterocycles. The van der Waals surface area contributed by atoms with E-state index in [9.17, 15) is 51.8 Å². The highest BCUT2D eigenvalue weighted by Gasteiger charge is 2.45. The number of β-amino-alcohol motifs (C(OH)–C–C–N with tert-alkyl or cyclic N) is 1. The minimum absolute atomic E-state index is 0.0130. The van der Waals surface area contributed by atoms with Gasteiger partial charge in [-0.2, -0.15) is 13.2 Å². The van der Waals surface area contributed by atoms with Crippen molar-refractivity contribution < 1.29 is 51.4 Å². The van der Waals surface area contributed by atoms with Crippen molar-refractivity contribution in [2.75, 3.05) is 74.5 Å². The summed E-state index contributed by atoms with van der Waals surface area (Å²) >= 11 is 1.56. The lowest BCUT2D eigenvalue weighted by molar-refractivity contribution is -0.144. The van der Waals surface area contributed by atoms with Gasteiger partial charge in [-0.1, -0.05) is 57.9 Å². The minimum atomic E-state index is -5.00. The Morgan fingerprint density at radius 3 is 2.15 bits per heavy atom. The quantitative estimate of drug-likeness (QED) is 0.0317. The third kappa shape index (κ3) is 16.7. The fourth-order valence-corrected chi connectivity index (χ4v) is 12.0. The van der Waals surface area contributed by atoms with Gasteiger partial charge in [0.15, 0.2) is 0 Å². The second-order valence-electron chi connectivity index (χ2n) is 23.9. The topological polar surface area (TPSA) is 246 Å². The van der Waals surface area contributed by atoms with Crippen LogP contribution in [0.1, 0.15) is 113 Å². The van der Waals surface area contributed by atoms with Crippen LogP contribution in [-0.2, 0) is 36.7 Å². The Morgan fingerprint density at radius 1 is 0.816 bits per heavy atom. The molecule has 3 saturated heterocycles. The number of aromatic nitrogens is 3. The van der Waals surface area contributed by atoms with E-state index in [4.69, 9.17) is 0 Å². The van der Waals surface area contributed by atoms with Crippen LogP contribution in [0.15, 0.2) is 77.3 Å². The number of benzene rings is 2. The fraction of sp³-hybridized carbons (Fsp3) is 0.500. The van der Waals surface area contributed by atoms with E-state index in [1.54, 1.807) is 33.9 Å². The van der Waals surface area contributed by atoms with Gasteiger partial charge in [-0.05, 0) is 81.5 Å². The van der Waals surface area contributed by atoms with E-state index in [0.29, 0.717) is 88.7 Å². The summed E-state index contributed by atoms with van der Waals surface area (Å²) < 4.78 is 58.2. The maximum atomic E-state index is 16.2. The highest BCUT2D eigenvalue weighted by Crippen LogP contribution is 2.38. The number of anilines is 3. The molecule has 468 valence electrons. The number of likely N-dealkylation sites (tertiary alicyclic amines) is 1.